The first-order valence-corrected chi connectivity index (χ1v) is 6.98. The van der Waals surface area contributed by atoms with Gasteiger partial charge in [0.05, 0.1) is 11.7 Å². The minimum atomic E-state index is -4.41. The highest BCUT2D eigenvalue weighted by Gasteiger charge is 2.30. The minimum absolute atomic E-state index is 0.0848. The predicted molar refractivity (Wildman–Crippen MR) is 79.9 cm³/mol. The van der Waals surface area contributed by atoms with Crippen molar-refractivity contribution in [2.75, 3.05) is 6.54 Å². The summed E-state index contributed by atoms with van der Waals surface area (Å²) in [5.74, 6) is -0.339. The van der Waals surface area contributed by atoms with Crippen LogP contribution in [-0.2, 0) is 6.18 Å². The molecule has 0 fully saturated rings. The van der Waals surface area contributed by atoms with Crippen LogP contribution in [-0.4, -0.2) is 17.6 Å². The van der Waals surface area contributed by atoms with Crippen molar-refractivity contribution >= 4 is 5.91 Å². The number of halogens is 3. The first-order valence-electron chi connectivity index (χ1n) is 6.98. The second-order valence-electron chi connectivity index (χ2n) is 5.16. The van der Waals surface area contributed by atoms with E-state index in [4.69, 9.17) is 0 Å². The highest BCUT2D eigenvalue weighted by Crippen LogP contribution is 2.29. The molecule has 0 heterocycles. The van der Waals surface area contributed by atoms with Crippen LogP contribution in [0.25, 0.3) is 0 Å². The van der Waals surface area contributed by atoms with E-state index in [1.54, 1.807) is 25.1 Å². The van der Waals surface area contributed by atoms with Gasteiger partial charge in [-0.25, -0.2) is 0 Å². The molecule has 0 bridgehead atoms. The second-order valence-corrected chi connectivity index (χ2v) is 5.16. The number of hydrogen-bond acceptors (Lipinski definition) is 2. The molecule has 0 aliphatic rings. The van der Waals surface area contributed by atoms with Crippen molar-refractivity contribution in [1.82, 2.24) is 5.32 Å². The molecule has 2 aromatic carbocycles. The summed E-state index contributed by atoms with van der Waals surface area (Å²) in [6, 6.07) is 11.2. The fourth-order valence-corrected chi connectivity index (χ4v) is 2.12. The van der Waals surface area contributed by atoms with Crippen LogP contribution in [0.15, 0.2) is 48.5 Å². The summed E-state index contributed by atoms with van der Waals surface area (Å²) in [4.78, 5) is 12.0. The molecule has 6 heteroatoms. The van der Waals surface area contributed by atoms with Crippen LogP contribution >= 0.6 is 0 Å². The molecule has 2 N–H and O–H groups in total. The average Bonchev–Trinajstić information content (AvgIpc) is 2.52. The third-order valence-corrected chi connectivity index (χ3v) is 3.47. The van der Waals surface area contributed by atoms with Crippen LogP contribution in [0.1, 0.15) is 33.2 Å². The van der Waals surface area contributed by atoms with Crippen molar-refractivity contribution in [3.8, 4) is 0 Å². The fraction of sp³-hybridized carbons (Fsp3) is 0.235. The van der Waals surface area contributed by atoms with Crippen LogP contribution in [0.2, 0.25) is 0 Å². The van der Waals surface area contributed by atoms with E-state index in [2.05, 4.69) is 5.32 Å². The Bertz CT molecular complexity index is 681. The quantitative estimate of drug-likeness (QED) is 0.905. The van der Waals surface area contributed by atoms with E-state index in [1.807, 2.05) is 6.07 Å². The van der Waals surface area contributed by atoms with Crippen LogP contribution in [0.4, 0.5) is 13.2 Å². The molecular formula is C17H16F3NO2. The zero-order chi connectivity index (χ0) is 17.0. The molecule has 0 saturated heterocycles. The Morgan fingerprint density at radius 2 is 1.74 bits per heavy atom. The summed E-state index contributed by atoms with van der Waals surface area (Å²) in [5.41, 5.74) is 0.821. The van der Waals surface area contributed by atoms with Crippen molar-refractivity contribution in [2.45, 2.75) is 19.2 Å². The van der Waals surface area contributed by atoms with Crippen molar-refractivity contribution in [2.24, 2.45) is 0 Å². The second kappa shape index (κ2) is 6.83. The maximum absolute atomic E-state index is 12.5. The van der Waals surface area contributed by atoms with Crippen molar-refractivity contribution < 1.29 is 23.1 Å². The first-order chi connectivity index (χ1) is 10.8. The number of alkyl halides is 3. The van der Waals surface area contributed by atoms with Gasteiger partial charge < -0.3 is 10.4 Å². The number of rotatable bonds is 4. The lowest BCUT2D eigenvalue weighted by Gasteiger charge is -2.14. The Hall–Kier alpha value is -2.34. The number of nitrogens with one attached hydrogen (secondary N) is 1. The predicted octanol–water partition coefficient (Wildman–Crippen LogP) is 3.48. The molecule has 2 rings (SSSR count). The summed E-state index contributed by atoms with van der Waals surface area (Å²) in [5, 5.41) is 12.6. The number of aliphatic hydroxyl groups is 1. The maximum Gasteiger partial charge on any atom is 0.416 e. The fourth-order valence-electron chi connectivity index (χ4n) is 2.12. The summed E-state index contributed by atoms with van der Waals surface area (Å²) in [7, 11) is 0. The Morgan fingerprint density at radius 1 is 1.13 bits per heavy atom. The summed E-state index contributed by atoms with van der Waals surface area (Å²) < 4.78 is 37.4. The van der Waals surface area contributed by atoms with Gasteiger partial charge in [-0.05, 0) is 36.2 Å². The molecule has 0 aliphatic carbocycles. The summed E-state index contributed by atoms with van der Waals surface area (Å²) >= 11 is 0. The third kappa shape index (κ3) is 4.32. The third-order valence-electron chi connectivity index (χ3n) is 3.47. The minimum Gasteiger partial charge on any atom is -0.387 e. The van der Waals surface area contributed by atoms with Crippen molar-refractivity contribution in [1.29, 1.82) is 0 Å². The van der Waals surface area contributed by atoms with Gasteiger partial charge in [0.1, 0.15) is 0 Å². The van der Waals surface area contributed by atoms with Gasteiger partial charge in [0, 0.05) is 12.1 Å². The molecule has 3 nitrogen and oxygen atoms in total. The van der Waals surface area contributed by atoms with Crippen LogP contribution < -0.4 is 5.32 Å². The van der Waals surface area contributed by atoms with E-state index in [9.17, 15) is 23.1 Å². The van der Waals surface area contributed by atoms with E-state index < -0.39 is 17.8 Å². The monoisotopic (exact) mass is 323 g/mol. The molecule has 0 aromatic heterocycles. The van der Waals surface area contributed by atoms with Crippen LogP contribution in [0.3, 0.4) is 0 Å². The van der Waals surface area contributed by atoms with E-state index in [0.717, 1.165) is 17.7 Å². The molecule has 122 valence electrons. The number of aryl methyl sites for hydroxylation is 1. The molecule has 1 atom stereocenters. The molecule has 0 spiro atoms. The zero-order valence-electron chi connectivity index (χ0n) is 12.4. The van der Waals surface area contributed by atoms with Gasteiger partial charge >= 0.3 is 6.18 Å². The zero-order valence-corrected chi connectivity index (χ0v) is 12.4. The van der Waals surface area contributed by atoms with Crippen LogP contribution in [0, 0.1) is 6.92 Å². The number of hydrogen-bond donors (Lipinski definition) is 2. The molecule has 0 unspecified atom stereocenters. The van der Waals surface area contributed by atoms with Crippen molar-refractivity contribution in [3.63, 3.8) is 0 Å². The van der Waals surface area contributed by atoms with Gasteiger partial charge in [0.15, 0.2) is 0 Å². The highest BCUT2D eigenvalue weighted by molar-refractivity contribution is 5.95. The number of carbonyl (C=O) groups is 1. The standard InChI is InChI=1S/C17H16F3NO2/c1-11-4-2-3-5-14(11)16(23)21-10-15(22)12-6-8-13(9-7-12)17(18,19)20/h2-9,15,22H,10H2,1H3,(H,21,23)/t15-/m1/s1. The summed E-state index contributed by atoms with van der Waals surface area (Å²) in [6.07, 6.45) is -5.49. The van der Waals surface area contributed by atoms with E-state index >= 15 is 0 Å². The lowest BCUT2D eigenvalue weighted by atomic mass is 10.1. The molecule has 1 amide bonds. The molecule has 2 aromatic rings. The lowest BCUT2D eigenvalue weighted by Crippen LogP contribution is -2.28. The normalized spacial score (nSPS) is 12.7. The maximum atomic E-state index is 12.5. The summed E-state index contributed by atoms with van der Waals surface area (Å²) in [6.45, 7) is 1.71. The average molecular weight is 323 g/mol. The Morgan fingerprint density at radius 3 is 2.30 bits per heavy atom. The molecule has 0 saturated carbocycles. The van der Waals surface area contributed by atoms with Crippen molar-refractivity contribution in [3.05, 3.63) is 70.8 Å². The lowest BCUT2D eigenvalue weighted by molar-refractivity contribution is -0.137. The largest absolute Gasteiger partial charge is 0.416 e. The molecule has 0 radical (unpaired) electrons. The Labute approximate surface area is 131 Å². The molecular weight excluding hydrogens is 307 g/mol. The smallest absolute Gasteiger partial charge is 0.387 e. The number of aliphatic hydroxyl groups excluding tert-OH is 1. The van der Waals surface area contributed by atoms with E-state index in [1.165, 1.54) is 12.1 Å². The molecule has 23 heavy (non-hydrogen) atoms. The van der Waals surface area contributed by atoms with Crippen LogP contribution in [0.5, 0.6) is 0 Å². The van der Waals surface area contributed by atoms with Gasteiger partial charge in [-0.3, -0.25) is 4.79 Å². The molecule has 0 aliphatic heterocycles. The topological polar surface area (TPSA) is 49.3 Å². The van der Waals surface area contributed by atoms with Gasteiger partial charge in [-0.1, -0.05) is 30.3 Å². The van der Waals surface area contributed by atoms with E-state index in [-0.39, 0.29) is 12.5 Å². The highest BCUT2D eigenvalue weighted by atomic mass is 19.4. The van der Waals surface area contributed by atoms with Gasteiger partial charge in [0.2, 0.25) is 0 Å². The number of carbonyl (C=O) groups excluding carboxylic acids is 1. The number of amides is 1. The Balaban J connectivity index is 1.98. The van der Waals surface area contributed by atoms with E-state index in [0.29, 0.717) is 11.1 Å². The number of benzene rings is 2. The SMILES string of the molecule is Cc1ccccc1C(=O)NC[C@@H](O)c1ccc(C(F)(F)F)cc1. The van der Waals surface area contributed by atoms with Gasteiger partial charge in [-0.2, -0.15) is 13.2 Å². The van der Waals surface area contributed by atoms with Gasteiger partial charge in [0.25, 0.3) is 5.91 Å². The Kier molecular flexibility index (Phi) is 5.05. The van der Waals surface area contributed by atoms with Gasteiger partial charge in [-0.15, -0.1) is 0 Å². The first kappa shape index (κ1) is 17.0.